The van der Waals surface area contributed by atoms with Gasteiger partial charge in [-0.2, -0.15) is 0 Å². The lowest BCUT2D eigenvalue weighted by atomic mass is 10.00. The van der Waals surface area contributed by atoms with Crippen LogP contribution < -0.4 is 4.72 Å². The molecule has 1 heterocycles. The van der Waals surface area contributed by atoms with Crippen LogP contribution in [0.4, 0.5) is 0 Å². The summed E-state index contributed by atoms with van der Waals surface area (Å²) >= 11 is 0. The van der Waals surface area contributed by atoms with Crippen molar-refractivity contribution in [2.24, 2.45) is 0 Å². The van der Waals surface area contributed by atoms with Gasteiger partial charge in [-0.25, -0.2) is 13.1 Å². The number of nitrogens with one attached hydrogen (secondary N) is 1. The molecule has 2 aromatic carbocycles. The van der Waals surface area contributed by atoms with Crippen LogP contribution in [0.15, 0.2) is 48.5 Å². The van der Waals surface area contributed by atoms with Gasteiger partial charge in [-0.3, -0.25) is 4.79 Å². The molecule has 0 bridgehead atoms. The fourth-order valence-corrected chi connectivity index (χ4v) is 4.20. The topological polar surface area (TPSA) is 66.5 Å². The van der Waals surface area contributed by atoms with E-state index in [1.165, 1.54) is 5.56 Å². The zero-order chi connectivity index (χ0) is 17.9. The van der Waals surface area contributed by atoms with Gasteiger partial charge in [-0.05, 0) is 35.6 Å². The molecule has 0 atom stereocenters. The van der Waals surface area contributed by atoms with Gasteiger partial charge in [-0.15, -0.1) is 0 Å². The predicted molar refractivity (Wildman–Crippen MR) is 97.4 cm³/mol. The number of nitrogens with zero attached hydrogens (tertiary/aromatic N) is 1. The van der Waals surface area contributed by atoms with Crippen molar-refractivity contribution >= 4 is 15.9 Å². The summed E-state index contributed by atoms with van der Waals surface area (Å²) in [6.45, 7) is 2.83. The summed E-state index contributed by atoms with van der Waals surface area (Å²) in [5.74, 6) is -0.307. The van der Waals surface area contributed by atoms with E-state index in [4.69, 9.17) is 0 Å². The Morgan fingerprint density at radius 1 is 1.08 bits per heavy atom. The number of hydrogen-bond donors (Lipinski definition) is 1. The van der Waals surface area contributed by atoms with Crippen LogP contribution in [-0.4, -0.2) is 32.3 Å². The fraction of sp³-hybridized carbons (Fsp3) is 0.316. The van der Waals surface area contributed by atoms with Crippen molar-refractivity contribution in [3.05, 3.63) is 70.8 Å². The van der Waals surface area contributed by atoms with Gasteiger partial charge in [0.25, 0.3) is 0 Å². The second kappa shape index (κ2) is 7.37. The third-order valence-corrected chi connectivity index (χ3v) is 5.81. The molecular weight excluding hydrogens is 336 g/mol. The molecule has 1 aliphatic heterocycles. The van der Waals surface area contributed by atoms with E-state index in [2.05, 4.69) is 10.8 Å². The molecule has 3 rings (SSSR count). The number of amides is 1. The number of carbonyl (C=O) groups is 1. The molecule has 0 aliphatic carbocycles. The van der Waals surface area contributed by atoms with Gasteiger partial charge < -0.3 is 4.90 Å². The van der Waals surface area contributed by atoms with Crippen LogP contribution in [-0.2, 0) is 33.5 Å². The lowest BCUT2D eigenvalue weighted by Gasteiger charge is -2.29. The number of carbonyl (C=O) groups excluding carboxylic acids is 1. The average Bonchev–Trinajstić information content (AvgIpc) is 2.61. The maximum Gasteiger partial charge on any atom is 0.237 e. The Hall–Kier alpha value is -2.18. The minimum Gasteiger partial charge on any atom is -0.337 e. The molecule has 0 fully saturated rings. The quantitative estimate of drug-likeness (QED) is 0.889. The van der Waals surface area contributed by atoms with E-state index in [1.54, 1.807) is 11.0 Å². The molecule has 0 saturated carbocycles. The molecule has 0 spiro atoms. The summed E-state index contributed by atoms with van der Waals surface area (Å²) in [6.07, 6.45) is 0.803. The molecule has 0 aromatic heterocycles. The first-order chi connectivity index (χ1) is 11.9. The Balaban J connectivity index is 1.58. The molecule has 0 radical (unpaired) electrons. The van der Waals surface area contributed by atoms with Crippen molar-refractivity contribution in [2.45, 2.75) is 25.6 Å². The Kier molecular flexibility index (Phi) is 5.20. The van der Waals surface area contributed by atoms with E-state index in [9.17, 15) is 13.2 Å². The zero-order valence-corrected chi connectivity index (χ0v) is 15.1. The lowest BCUT2D eigenvalue weighted by molar-refractivity contribution is -0.130. The third kappa shape index (κ3) is 4.46. The van der Waals surface area contributed by atoms with Crippen LogP contribution in [0.25, 0.3) is 0 Å². The minimum atomic E-state index is -3.55. The summed E-state index contributed by atoms with van der Waals surface area (Å²) in [7, 11) is -3.55. The molecule has 1 aliphatic rings. The minimum absolute atomic E-state index is 0.115. The van der Waals surface area contributed by atoms with E-state index in [1.807, 2.05) is 43.3 Å². The molecule has 1 amide bonds. The first-order valence-electron chi connectivity index (χ1n) is 8.31. The number of rotatable bonds is 5. The summed E-state index contributed by atoms with van der Waals surface area (Å²) < 4.78 is 26.9. The standard InChI is InChI=1S/C19H22N2O3S/c1-15-6-2-3-9-18(15)14-25(23,24)20-12-19(22)21-11-10-16-7-4-5-8-17(16)13-21/h2-9,20H,10-14H2,1H3. The smallest absolute Gasteiger partial charge is 0.237 e. The molecule has 0 unspecified atom stereocenters. The SMILES string of the molecule is Cc1ccccc1CS(=O)(=O)NCC(=O)N1CCc2ccccc2C1. The largest absolute Gasteiger partial charge is 0.337 e. The first-order valence-corrected chi connectivity index (χ1v) is 9.96. The van der Waals surface area contributed by atoms with Crippen molar-refractivity contribution < 1.29 is 13.2 Å². The summed E-state index contributed by atoms with van der Waals surface area (Å²) in [5, 5.41) is 0. The average molecular weight is 358 g/mol. The van der Waals surface area contributed by atoms with Crippen molar-refractivity contribution in [1.29, 1.82) is 0 Å². The van der Waals surface area contributed by atoms with Gasteiger partial charge in [0, 0.05) is 13.1 Å². The van der Waals surface area contributed by atoms with E-state index in [0.29, 0.717) is 13.1 Å². The van der Waals surface area contributed by atoms with Gasteiger partial charge in [0.05, 0.1) is 12.3 Å². The Morgan fingerprint density at radius 2 is 1.76 bits per heavy atom. The highest BCUT2D eigenvalue weighted by Crippen LogP contribution is 2.18. The van der Waals surface area contributed by atoms with Gasteiger partial charge >= 0.3 is 0 Å². The van der Waals surface area contributed by atoms with E-state index in [-0.39, 0.29) is 18.2 Å². The van der Waals surface area contributed by atoms with Crippen molar-refractivity contribution in [3.8, 4) is 0 Å². The van der Waals surface area contributed by atoms with E-state index in [0.717, 1.165) is 23.1 Å². The number of benzene rings is 2. The molecule has 0 saturated heterocycles. The fourth-order valence-electron chi connectivity index (χ4n) is 3.02. The summed E-state index contributed by atoms with van der Waals surface area (Å²) in [6, 6.07) is 15.4. The first kappa shape index (κ1) is 17.6. The molecule has 25 heavy (non-hydrogen) atoms. The molecule has 5 nitrogen and oxygen atoms in total. The molecule has 132 valence electrons. The maximum absolute atomic E-state index is 12.4. The highest BCUT2D eigenvalue weighted by molar-refractivity contribution is 7.88. The van der Waals surface area contributed by atoms with Crippen LogP contribution in [0.1, 0.15) is 22.3 Å². The van der Waals surface area contributed by atoms with Crippen LogP contribution in [0, 0.1) is 6.92 Å². The van der Waals surface area contributed by atoms with Crippen LogP contribution in [0.3, 0.4) is 0 Å². The number of sulfonamides is 1. The monoisotopic (exact) mass is 358 g/mol. The summed E-state index contributed by atoms with van der Waals surface area (Å²) in [5.41, 5.74) is 4.05. The second-order valence-electron chi connectivity index (χ2n) is 6.34. The van der Waals surface area contributed by atoms with Crippen LogP contribution in [0.5, 0.6) is 0 Å². The van der Waals surface area contributed by atoms with Crippen molar-refractivity contribution in [2.75, 3.05) is 13.1 Å². The number of hydrogen-bond acceptors (Lipinski definition) is 3. The van der Waals surface area contributed by atoms with Crippen molar-refractivity contribution in [3.63, 3.8) is 0 Å². The van der Waals surface area contributed by atoms with Crippen LogP contribution >= 0.6 is 0 Å². The number of fused-ring (bicyclic) bond motifs is 1. The van der Waals surface area contributed by atoms with Gasteiger partial charge in [-0.1, -0.05) is 48.5 Å². The van der Waals surface area contributed by atoms with Crippen molar-refractivity contribution in [1.82, 2.24) is 9.62 Å². The Morgan fingerprint density at radius 3 is 2.52 bits per heavy atom. The Labute approximate surface area is 148 Å². The Bertz CT molecular complexity index is 878. The maximum atomic E-state index is 12.4. The van der Waals surface area contributed by atoms with Gasteiger partial charge in [0.1, 0.15) is 0 Å². The van der Waals surface area contributed by atoms with Gasteiger partial charge in [0.15, 0.2) is 0 Å². The highest BCUT2D eigenvalue weighted by Gasteiger charge is 2.22. The zero-order valence-electron chi connectivity index (χ0n) is 14.2. The number of aryl methyl sites for hydroxylation is 1. The molecular formula is C19H22N2O3S. The predicted octanol–water partition coefficient (Wildman–Crippen LogP) is 2.00. The normalized spacial score (nSPS) is 14.2. The lowest BCUT2D eigenvalue weighted by Crippen LogP contribution is -2.42. The van der Waals surface area contributed by atoms with Crippen LogP contribution in [0.2, 0.25) is 0 Å². The molecule has 1 N–H and O–H groups in total. The second-order valence-corrected chi connectivity index (χ2v) is 8.15. The highest BCUT2D eigenvalue weighted by atomic mass is 32.2. The van der Waals surface area contributed by atoms with E-state index < -0.39 is 10.0 Å². The summed E-state index contributed by atoms with van der Waals surface area (Å²) in [4.78, 5) is 14.1. The van der Waals surface area contributed by atoms with Gasteiger partial charge in [0.2, 0.25) is 15.9 Å². The molecule has 6 heteroatoms. The third-order valence-electron chi connectivity index (χ3n) is 4.53. The molecule has 2 aromatic rings. The van der Waals surface area contributed by atoms with E-state index >= 15 is 0 Å².